The number of carbonyl (C=O) groups excluding carboxylic acids is 3. The van der Waals surface area contributed by atoms with Gasteiger partial charge >= 0.3 is 0 Å². The van der Waals surface area contributed by atoms with E-state index in [-0.39, 0.29) is 30.6 Å². The second-order valence-corrected chi connectivity index (χ2v) is 11.2. The van der Waals surface area contributed by atoms with Gasteiger partial charge in [-0.25, -0.2) is 4.98 Å². The zero-order chi connectivity index (χ0) is 27.9. The third kappa shape index (κ3) is 7.58. The Labute approximate surface area is 232 Å². The Bertz CT molecular complexity index is 1230. The van der Waals surface area contributed by atoms with Crippen LogP contribution in [-0.4, -0.2) is 79.2 Å². The van der Waals surface area contributed by atoms with Gasteiger partial charge in [0.05, 0.1) is 25.2 Å². The number of hydrogen-bond donors (Lipinski definition) is 0. The van der Waals surface area contributed by atoms with Crippen molar-refractivity contribution in [2.45, 2.75) is 65.3 Å². The number of benzene rings is 1. The Hall–Kier alpha value is -3.42. The summed E-state index contributed by atoms with van der Waals surface area (Å²) >= 11 is 0. The minimum Gasteiger partial charge on any atom is -0.349 e. The molecule has 1 aromatic carbocycles. The van der Waals surface area contributed by atoms with Gasteiger partial charge in [0, 0.05) is 45.8 Å². The van der Waals surface area contributed by atoms with E-state index in [1.165, 1.54) is 24.0 Å². The summed E-state index contributed by atoms with van der Waals surface area (Å²) in [6, 6.07) is 8.58. The van der Waals surface area contributed by atoms with Crippen molar-refractivity contribution in [1.29, 1.82) is 0 Å². The Balaban J connectivity index is 1.62. The van der Waals surface area contributed by atoms with E-state index < -0.39 is 0 Å². The molecule has 0 spiro atoms. The van der Waals surface area contributed by atoms with E-state index in [2.05, 4.69) is 47.1 Å². The summed E-state index contributed by atoms with van der Waals surface area (Å²) in [6.45, 7) is 7.66. The van der Waals surface area contributed by atoms with Crippen molar-refractivity contribution in [1.82, 2.24) is 14.7 Å². The molecule has 0 bridgehead atoms. The predicted octanol–water partition coefficient (Wildman–Crippen LogP) is 3.72. The number of H-pyrrole nitrogens is 1. The number of anilines is 1. The molecule has 1 N–H and O–H groups in total. The third-order valence-corrected chi connectivity index (χ3v) is 7.99. The average molecular weight is 535 g/mol. The molecule has 1 saturated heterocycles. The number of nitrogens with zero attached hydrogens (tertiary/aromatic N) is 4. The van der Waals surface area contributed by atoms with Crippen LogP contribution < -0.4 is 9.88 Å². The molecule has 3 amide bonds. The molecule has 1 fully saturated rings. The first-order valence-electron chi connectivity index (χ1n) is 14.3. The fourth-order valence-electron chi connectivity index (χ4n) is 5.53. The lowest BCUT2D eigenvalue weighted by Crippen LogP contribution is -2.50. The van der Waals surface area contributed by atoms with E-state index in [0.29, 0.717) is 26.2 Å². The number of aryl methyl sites for hydroxylation is 1. The Kier molecular flexibility index (Phi) is 9.59. The molecule has 1 aliphatic heterocycles. The molecule has 2 aromatic rings. The van der Waals surface area contributed by atoms with Gasteiger partial charge in [0.15, 0.2) is 0 Å². The lowest BCUT2D eigenvalue weighted by molar-refractivity contribution is -0.331. The van der Waals surface area contributed by atoms with Crippen LogP contribution in [-0.2, 0) is 20.9 Å². The van der Waals surface area contributed by atoms with Crippen LogP contribution >= 0.6 is 0 Å². The first kappa shape index (κ1) is 28.6. The van der Waals surface area contributed by atoms with E-state index in [1.54, 1.807) is 25.9 Å². The maximum atomic E-state index is 13.5. The standard InChI is InChI=1S/C31H43N5O3/c1-23-10-11-28-26(20-23)21-27(31(32-28)35-18-16-34(17-19-35)24(2)37)22-36(15-14-25-8-6-5-7-9-25)30(39)13-12-29(38)33(3)4/h8,10-11,20-21H,5-7,9,12-19,22H2,1-4H3/p+1. The molecular weight excluding hydrogens is 490 g/mol. The monoisotopic (exact) mass is 534 g/mol. The lowest BCUT2D eigenvalue weighted by Gasteiger charge is -2.32. The second kappa shape index (κ2) is 13.1. The molecular formula is C31H44N5O3+. The van der Waals surface area contributed by atoms with Crippen LogP contribution in [0, 0.1) is 6.92 Å². The number of fused-ring (bicyclic) bond motifs is 1. The Morgan fingerprint density at radius 2 is 1.72 bits per heavy atom. The quantitative estimate of drug-likeness (QED) is 0.460. The number of rotatable bonds is 9. The van der Waals surface area contributed by atoms with Crippen molar-refractivity contribution in [3.8, 4) is 0 Å². The van der Waals surface area contributed by atoms with E-state index in [9.17, 15) is 14.4 Å². The molecule has 39 heavy (non-hydrogen) atoms. The molecule has 0 unspecified atom stereocenters. The lowest BCUT2D eigenvalue weighted by atomic mass is 9.97. The smallest absolute Gasteiger partial charge is 0.280 e. The Morgan fingerprint density at radius 1 is 0.974 bits per heavy atom. The fraction of sp³-hybridized carbons (Fsp3) is 0.548. The van der Waals surface area contributed by atoms with E-state index in [4.69, 9.17) is 0 Å². The summed E-state index contributed by atoms with van der Waals surface area (Å²) in [5.74, 6) is 1.10. The Morgan fingerprint density at radius 3 is 2.38 bits per heavy atom. The molecule has 1 aliphatic carbocycles. The van der Waals surface area contributed by atoms with Gasteiger partial charge < -0.3 is 14.7 Å². The molecule has 210 valence electrons. The van der Waals surface area contributed by atoms with Gasteiger partial charge in [-0.3, -0.25) is 19.3 Å². The molecule has 0 atom stereocenters. The normalized spacial score (nSPS) is 15.7. The highest BCUT2D eigenvalue weighted by atomic mass is 16.2. The predicted molar refractivity (Wildman–Crippen MR) is 154 cm³/mol. The summed E-state index contributed by atoms with van der Waals surface area (Å²) in [5, 5.41) is 1.11. The van der Waals surface area contributed by atoms with E-state index in [0.717, 1.165) is 54.6 Å². The molecule has 8 nitrogen and oxygen atoms in total. The largest absolute Gasteiger partial charge is 0.349 e. The van der Waals surface area contributed by atoms with Gasteiger partial charge in [-0.05, 0) is 57.2 Å². The number of nitrogens with one attached hydrogen (secondary N) is 1. The molecule has 0 saturated carbocycles. The topological polar surface area (TPSA) is 78.3 Å². The highest BCUT2D eigenvalue weighted by Crippen LogP contribution is 2.26. The van der Waals surface area contributed by atoms with Crippen LogP contribution in [0.3, 0.4) is 0 Å². The number of pyridine rings is 1. The molecule has 0 radical (unpaired) electrons. The SMILES string of the molecule is CC(=O)N1CCN(c2[nH+]c3ccc(C)cc3cc2CN(CCC2=CCCCC2)C(=O)CCC(=O)N(C)C)CC1. The van der Waals surface area contributed by atoms with Crippen molar-refractivity contribution in [2.75, 3.05) is 51.7 Å². The summed E-state index contributed by atoms with van der Waals surface area (Å²) in [5.41, 5.74) is 4.73. The van der Waals surface area contributed by atoms with Crippen molar-refractivity contribution in [3.63, 3.8) is 0 Å². The van der Waals surface area contributed by atoms with Crippen LogP contribution in [0.4, 0.5) is 5.82 Å². The zero-order valence-corrected chi connectivity index (χ0v) is 24.1. The first-order valence-corrected chi connectivity index (χ1v) is 14.3. The zero-order valence-electron chi connectivity index (χ0n) is 24.1. The van der Waals surface area contributed by atoms with Crippen molar-refractivity contribution in [2.24, 2.45) is 0 Å². The molecule has 8 heteroatoms. The molecule has 4 rings (SSSR count). The van der Waals surface area contributed by atoms with Crippen LogP contribution in [0.5, 0.6) is 0 Å². The van der Waals surface area contributed by atoms with E-state index in [1.807, 2.05) is 9.80 Å². The first-order chi connectivity index (χ1) is 18.7. The van der Waals surface area contributed by atoms with E-state index >= 15 is 0 Å². The average Bonchev–Trinajstić information content (AvgIpc) is 2.93. The second-order valence-electron chi connectivity index (χ2n) is 11.2. The van der Waals surface area contributed by atoms with Crippen LogP contribution in [0.1, 0.15) is 63.0 Å². The third-order valence-electron chi connectivity index (χ3n) is 7.99. The van der Waals surface area contributed by atoms with Crippen molar-refractivity contribution in [3.05, 3.63) is 47.0 Å². The van der Waals surface area contributed by atoms with Crippen LogP contribution in [0.25, 0.3) is 10.9 Å². The number of piperazine rings is 1. The number of aromatic amines is 1. The van der Waals surface area contributed by atoms with Gasteiger partial charge in [0.1, 0.15) is 18.6 Å². The maximum Gasteiger partial charge on any atom is 0.280 e. The molecule has 2 heterocycles. The van der Waals surface area contributed by atoms with Crippen molar-refractivity contribution >= 4 is 34.4 Å². The number of carbonyl (C=O) groups is 3. The van der Waals surface area contributed by atoms with Gasteiger partial charge in [0.25, 0.3) is 5.82 Å². The number of aromatic nitrogens is 1. The molecule has 2 aliphatic rings. The number of hydrogen-bond acceptors (Lipinski definition) is 4. The summed E-state index contributed by atoms with van der Waals surface area (Å²) in [7, 11) is 3.45. The van der Waals surface area contributed by atoms with Gasteiger partial charge in [-0.2, -0.15) is 0 Å². The van der Waals surface area contributed by atoms with Gasteiger partial charge in [-0.15, -0.1) is 0 Å². The number of allylic oxidation sites excluding steroid dienone is 1. The van der Waals surface area contributed by atoms with Gasteiger partial charge in [-0.1, -0.05) is 23.3 Å². The van der Waals surface area contributed by atoms with Crippen LogP contribution in [0.2, 0.25) is 0 Å². The van der Waals surface area contributed by atoms with Gasteiger partial charge in [0.2, 0.25) is 17.7 Å². The summed E-state index contributed by atoms with van der Waals surface area (Å²) in [4.78, 5) is 49.0. The fourth-order valence-corrected chi connectivity index (χ4v) is 5.53. The minimum atomic E-state index is -0.0307. The van der Waals surface area contributed by atoms with Crippen LogP contribution in [0.15, 0.2) is 35.9 Å². The number of amides is 3. The maximum absolute atomic E-state index is 13.5. The summed E-state index contributed by atoms with van der Waals surface area (Å²) < 4.78 is 0. The highest BCUT2D eigenvalue weighted by molar-refractivity contribution is 5.84. The highest BCUT2D eigenvalue weighted by Gasteiger charge is 2.29. The summed E-state index contributed by atoms with van der Waals surface area (Å²) in [6.07, 6.45) is 8.32. The minimum absolute atomic E-state index is 0.0123. The molecule has 1 aromatic heterocycles. The van der Waals surface area contributed by atoms with Crippen molar-refractivity contribution < 1.29 is 19.4 Å².